The summed E-state index contributed by atoms with van der Waals surface area (Å²) >= 11 is 0. The molecule has 0 aliphatic heterocycles. The monoisotopic (exact) mass is 217 g/mol. The fraction of sp³-hybridized carbons (Fsp3) is 0.182. The number of nitrogens with zero attached hydrogens (tertiary/aromatic N) is 3. The summed E-state index contributed by atoms with van der Waals surface area (Å²) in [5, 5.41) is 7.51. The maximum Gasteiger partial charge on any atom is 0.171 e. The summed E-state index contributed by atoms with van der Waals surface area (Å²) in [7, 11) is 0. The molecule has 0 aliphatic carbocycles. The van der Waals surface area contributed by atoms with Crippen molar-refractivity contribution >= 4 is 6.29 Å². The topological polar surface area (TPSA) is 57.0 Å². The minimum Gasteiger partial charge on any atom is -0.494 e. The van der Waals surface area contributed by atoms with Crippen molar-refractivity contribution < 1.29 is 9.53 Å². The Morgan fingerprint density at radius 1 is 1.38 bits per heavy atom. The Morgan fingerprint density at radius 3 is 2.69 bits per heavy atom. The molecular formula is C11H11N3O2. The Hall–Kier alpha value is -2.17. The van der Waals surface area contributed by atoms with E-state index in [9.17, 15) is 4.79 Å². The summed E-state index contributed by atoms with van der Waals surface area (Å²) in [4.78, 5) is 10.5. The van der Waals surface area contributed by atoms with Crippen LogP contribution in [0.15, 0.2) is 30.5 Å². The maximum absolute atomic E-state index is 10.5. The van der Waals surface area contributed by atoms with Crippen molar-refractivity contribution in [1.82, 2.24) is 15.0 Å². The first-order chi connectivity index (χ1) is 7.83. The highest BCUT2D eigenvalue weighted by atomic mass is 16.5. The Bertz CT molecular complexity index is 476. The third-order valence-electron chi connectivity index (χ3n) is 2.04. The van der Waals surface area contributed by atoms with E-state index in [1.807, 2.05) is 31.2 Å². The SMILES string of the molecule is CCOc1ccc(-n2cc(C=O)nn2)cc1. The van der Waals surface area contributed by atoms with Gasteiger partial charge in [0.2, 0.25) is 0 Å². The fourth-order valence-corrected chi connectivity index (χ4v) is 1.32. The number of aromatic nitrogens is 3. The summed E-state index contributed by atoms with van der Waals surface area (Å²) < 4.78 is 6.86. The summed E-state index contributed by atoms with van der Waals surface area (Å²) in [6.45, 7) is 2.57. The average Bonchev–Trinajstić information content (AvgIpc) is 2.79. The fourth-order valence-electron chi connectivity index (χ4n) is 1.32. The lowest BCUT2D eigenvalue weighted by Crippen LogP contribution is -1.96. The molecule has 0 unspecified atom stereocenters. The molecule has 16 heavy (non-hydrogen) atoms. The van der Waals surface area contributed by atoms with Crippen LogP contribution in [0.4, 0.5) is 0 Å². The van der Waals surface area contributed by atoms with Gasteiger partial charge in [0, 0.05) is 0 Å². The number of carbonyl (C=O) groups excluding carboxylic acids is 1. The van der Waals surface area contributed by atoms with E-state index >= 15 is 0 Å². The van der Waals surface area contributed by atoms with Gasteiger partial charge >= 0.3 is 0 Å². The molecule has 0 N–H and O–H groups in total. The third-order valence-corrected chi connectivity index (χ3v) is 2.04. The number of aldehydes is 1. The zero-order valence-electron chi connectivity index (χ0n) is 8.83. The van der Waals surface area contributed by atoms with E-state index < -0.39 is 0 Å². The molecule has 2 aromatic rings. The van der Waals surface area contributed by atoms with E-state index in [1.54, 1.807) is 10.9 Å². The van der Waals surface area contributed by atoms with Crippen LogP contribution in [-0.4, -0.2) is 27.9 Å². The minimum absolute atomic E-state index is 0.314. The quantitative estimate of drug-likeness (QED) is 0.728. The number of hydrogen-bond acceptors (Lipinski definition) is 4. The Balaban J connectivity index is 2.23. The second-order valence-electron chi connectivity index (χ2n) is 3.13. The molecule has 1 heterocycles. The van der Waals surface area contributed by atoms with Crippen LogP contribution in [0.5, 0.6) is 5.75 Å². The van der Waals surface area contributed by atoms with Crippen LogP contribution in [0.3, 0.4) is 0 Å². The van der Waals surface area contributed by atoms with E-state index in [4.69, 9.17) is 4.74 Å². The number of benzene rings is 1. The molecule has 0 radical (unpaired) electrons. The largest absolute Gasteiger partial charge is 0.494 e. The molecule has 0 saturated heterocycles. The standard InChI is InChI=1S/C11H11N3O2/c1-2-16-11-5-3-10(4-6-11)14-7-9(8-15)12-13-14/h3-8H,2H2,1H3. The van der Waals surface area contributed by atoms with Crippen LogP contribution < -0.4 is 4.74 Å². The lowest BCUT2D eigenvalue weighted by molar-refractivity contribution is 0.111. The lowest BCUT2D eigenvalue weighted by atomic mass is 10.3. The highest BCUT2D eigenvalue weighted by molar-refractivity contribution is 5.70. The Labute approximate surface area is 92.7 Å². The number of rotatable bonds is 4. The predicted molar refractivity (Wildman–Crippen MR) is 57.9 cm³/mol. The number of hydrogen-bond donors (Lipinski definition) is 0. The highest BCUT2D eigenvalue weighted by Crippen LogP contribution is 2.14. The molecule has 2 rings (SSSR count). The Kier molecular flexibility index (Phi) is 2.95. The van der Waals surface area contributed by atoms with Crippen molar-refractivity contribution in [2.75, 3.05) is 6.61 Å². The molecular weight excluding hydrogens is 206 g/mol. The average molecular weight is 217 g/mol. The molecule has 1 aromatic heterocycles. The van der Waals surface area contributed by atoms with Crippen molar-refractivity contribution in [3.63, 3.8) is 0 Å². The second kappa shape index (κ2) is 4.57. The first-order valence-electron chi connectivity index (χ1n) is 4.94. The van der Waals surface area contributed by atoms with E-state index in [0.717, 1.165) is 11.4 Å². The molecule has 5 heteroatoms. The van der Waals surface area contributed by atoms with Gasteiger partial charge in [-0.05, 0) is 31.2 Å². The molecule has 0 amide bonds. The van der Waals surface area contributed by atoms with Crippen LogP contribution in [0.25, 0.3) is 5.69 Å². The number of ether oxygens (including phenoxy) is 1. The molecule has 0 spiro atoms. The predicted octanol–water partition coefficient (Wildman–Crippen LogP) is 1.48. The van der Waals surface area contributed by atoms with E-state index in [0.29, 0.717) is 18.6 Å². The summed E-state index contributed by atoms with van der Waals surface area (Å²) in [6, 6.07) is 7.41. The Morgan fingerprint density at radius 2 is 2.12 bits per heavy atom. The van der Waals surface area contributed by atoms with Crippen molar-refractivity contribution in [2.45, 2.75) is 6.92 Å². The maximum atomic E-state index is 10.5. The van der Waals surface area contributed by atoms with Crippen molar-refractivity contribution in [3.05, 3.63) is 36.2 Å². The van der Waals surface area contributed by atoms with Crippen LogP contribution in [-0.2, 0) is 0 Å². The molecule has 0 bridgehead atoms. The molecule has 0 saturated carbocycles. The first-order valence-corrected chi connectivity index (χ1v) is 4.94. The molecule has 1 aromatic carbocycles. The van der Waals surface area contributed by atoms with Crippen LogP contribution >= 0.6 is 0 Å². The van der Waals surface area contributed by atoms with Gasteiger partial charge in [0.1, 0.15) is 11.4 Å². The van der Waals surface area contributed by atoms with Crippen molar-refractivity contribution in [3.8, 4) is 11.4 Å². The van der Waals surface area contributed by atoms with Gasteiger partial charge in [0.25, 0.3) is 0 Å². The van der Waals surface area contributed by atoms with Crippen LogP contribution in [0.2, 0.25) is 0 Å². The molecule has 0 aliphatic rings. The highest BCUT2D eigenvalue weighted by Gasteiger charge is 2.01. The second-order valence-corrected chi connectivity index (χ2v) is 3.13. The van der Waals surface area contributed by atoms with E-state index in [1.165, 1.54) is 0 Å². The van der Waals surface area contributed by atoms with Gasteiger partial charge in [-0.15, -0.1) is 5.10 Å². The van der Waals surface area contributed by atoms with Crippen molar-refractivity contribution in [2.24, 2.45) is 0 Å². The van der Waals surface area contributed by atoms with Crippen LogP contribution in [0, 0.1) is 0 Å². The molecule has 0 fully saturated rings. The zero-order chi connectivity index (χ0) is 11.4. The summed E-state index contributed by atoms with van der Waals surface area (Å²) in [5.74, 6) is 0.807. The van der Waals surface area contributed by atoms with Gasteiger partial charge in [-0.3, -0.25) is 4.79 Å². The minimum atomic E-state index is 0.314. The van der Waals surface area contributed by atoms with Gasteiger partial charge in [-0.25, -0.2) is 4.68 Å². The molecule has 82 valence electrons. The summed E-state index contributed by atoms with van der Waals surface area (Å²) in [6.07, 6.45) is 2.24. The molecule has 0 atom stereocenters. The summed E-state index contributed by atoms with van der Waals surface area (Å²) in [5.41, 5.74) is 1.15. The normalized spacial score (nSPS) is 10.1. The van der Waals surface area contributed by atoms with Gasteiger partial charge in [0.15, 0.2) is 6.29 Å². The third kappa shape index (κ3) is 2.08. The van der Waals surface area contributed by atoms with Gasteiger partial charge < -0.3 is 4.74 Å². The van der Waals surface area contributed by atoms with E-state index in [-0.39, 0.29) is 0 Å². The van der Waals surface area contributed by atoms with Crippen LogP contribution in [0.1, 0.15) is 17.4 Å². The van der Waals surface area contributed by atoms with E-state index in [2.05, 4.69) is 10.3 Å². The zero-order valence-corrected chi connectivity index (χ0v) is 8.83. The first kappa shape index (κ1) is 10.4. The van der Waals surface area contributed by atoms with Gasteiger partial charge in [-0.2, -0.15) is 0 Å². The smallest absolute Gasteiger partial charge is 0.171 e. The lowest BCUT2D eigenvalue weighted by Gasteiger charge is -2.03. The van der Waals surface area contributed by atoms with Crippen molar-refractivity contribution in [1.29, 1.82) is 0 Å². The molecule has 5 nitrogen and oxygen atoms in total. The van der Waals surface area contributed by atoms with Gasteiger partial charge in [0.05, 0.1) is 18.5 Å². The van der Waals surface area contributed by atoms with Gasteiger partial charge in [-0.1, -0.05) is 5.21 Å². The number of carbonyl (C=O) groups is 1.